The van der Waals surface area contributed by atoms with Crippen molar-refractivity contribution in [1.82, 2.24) is 4.90 Å². The fraction of sp³-hybridized carbons (Fsp3) is 0.571. The molecule has 0 amide bonds. The number of rotatable bonds is 4. The van der Waals surface area contributed by atoms with Gasteiger partial charge in [0.15, 0.2) is 0 Å². The minimum absolute atomic E-state index is 0.167. The third-order valence-corrected chi connectivity index (χ3v) is 3.53. The Morgan fingerprint density at radius 3 is 2.65 bits per heavy atom. The molecule has 94 valence electrons. The summed E-state index contributed by atoms with van der Waals surface area (Å²) in [5.74, 6) is 0.0865. The van der Waals surface area contributed by atoms with E-state index in [0.29, 0.717) is 6.54 Å². The van der Waals surface area contributed by atoms with Gasteiger partial charge in [-0.3, -0.25) is 0 Å². The molecule has 1 atom stereocenters. The normalized spacial score (nSPS) is 19.2. The highest BCUT2D eigenvalue weighted by Crippen LogP contribution is 2.19. The smallest absolute Gasteiger partial charge is 0.123 e. The maximum atomic E-state index is 13.2. The minimum Gasteiger partial charge on any atom is -0.330 e. The van der Waals surface area contributed by atoms with Crippen LogP contribution in [0.1, 0.15) is 30.7 Å². The number of benzene rings is 1. The molecule has 1 heterocycles. The number of halogens is 1. The zero-order valence-corrected chi connectivity index (χ0v) is 10.2. The lowest BCUT2D eigenvalue weighted by atomic mass is 9.97. The SMILES string of the molecule is NCC(CN1CCCCC1)c1cccc(F)c1. The largest absolute Gasteiger partial charge is 0.330 e. The van der Waals surface area contributed by atoms with Gasteiger partial charge in [-0.1, -0.05) is 18.6 Å². The van der Waals surface area contributed by atoms with Crippen LogP contribution in [0.5, 0.6) is 0 Å². The van der Waals surface area contributed by atoms with Gasteiger partial charge in [0, 0.05) is 19.0 Å². The summed E-state index contributed by atoms with van der Waals surface area (Å²) in [5.41, 5.74) is 6.85. The Morgan fingerprint density at radius 2 is 2.00 bits per heavy atom. The molecular formula is C14H21FN2. The van der Waals surface area contributed by atoms with Crippen LogP contribution >= 0.6 is 0 Å². The van der Waals surface area contributed by atoms with Gasteiger partial charge >= 0.3 is 0 Å². The van der Waals surface area contributed by atoms with E-state index in [1.807, 2.05) is 6.07 Å². The lowest BCUT2D eigenvalue weighted by molar-refractivity contribution is 0.216. The van der Waals surface area contributed by atoms with Gasteiger partial charge in [0.2, 0.25) is 0 Å². The Labute approximate surface area is 103 Å². The summed E-state index contributed by atoms with van der Waals surface area (Å²) in [6.45, 7) is 3.86. The average Bonchev–Trinajstić information content (AvgIpc) is 2.37. The van der Waals surface area contributed by atoms with Crippen molar-refractivity contribution in [3.63, 3.8) is 0 Å². The standard InChI is InChI=1S/C14H21FN2/c15-14-6-4-5-12(9-14)13(10-16)11-17-7-2-1-3-8-17/h4-6,9,13H,1-3,7-8,10-11,16H2. The molecule has 1 aliphatic rings. The molecule has 2 rings (SSSR count). The number of likely N-dealkylation sites (tertiary alicyclic amines) is 1. The maximum Gasteiger partial charge on any atom is 0.123 e. The molecule has 17 heavy (non-hydrogen) atoms. The molecule has 0 bridgehead atoms. The van der Waals surface area contributed by atoms with Gasteiger partial charge in [-0.25, -0.2) is 4.39 Å². The Kier molecular flexibility index (Phi) is 4.51. The van der Waals surface area contributed by atoms with Crippen LogP contribution in [0, 0.1) is 5.82 Å². The predicted octanol–water partition coefficient (Wildman–Crippen LogP) is 2.35. The van der Waals surface area contributed by atoms with E-state index in [1.165, 1.54) is 25.3 Å². The molecule has 0 spiro atoms. The first-order chi connectivity index (χ1) is 8.29. The number of piperidine rings is 1. The summed E-state index contributed by atoms with van der Waals surface area (Å²) >= 11 is 0. The van der Waals surface area contributed by atoms with E-state index in [-0.39, 0.29) is 11.7 Å². The van der Waals surface area contributed by atoms with Crippen molar-refractivity contribution < 1.29 is 4.39 Å². The predicted molar refractivity (Wildman–Crippen MR) is 68.5 cm³/mol. The van der Waals surface area contributed by atoms with E-state index in [2.05, 4.69) is 4.90 Å². The number of nitrogens with two attached hydrogens (primary N) is 1. The molecule has 1 saturated heterocycles. The van der Waals surface area contributed by atoms with Crippen LogP contribution in [-0.2, 0) is 0 Å². The number of nitrogens with zero attached hydrogens (tertiary/aromatic N) is 1. The fourth-order valence-electron chi connectivity index (χ4n) is 2.53. The first-order valence-electron chi connectivity index (χ1n) is 6.47. The monoisotopic (exact) mass is 236 g/mol. The van der Waals surface area contributed by atoms with Gasteiger partial charge < -0.3 is 10.6 Å². The van der Waals surface area contributed by atoms with Gasteiger partial charge in [-0.15, -0.1) is 0 Å². The quantitative estimate of drug-likeness (QED) is 0.869. The molecule has 1 aromatic carbocycles. The molecule has 3 heteroatoms. The van der Waals surface area contributed by atoms with Gasteiger partial charge in [-0.2, -0.15) is 0 Å². The highest BCUT2D eigenvalue weighted by Gasteiger charge is 2.17. The van der Waals surface area contributed by atoms with Gasteiger partial charge in [-0.05, 0) is 43.6 Å². The van der Waals surface area contributed by atoms with Crippen molar-refractivity contribution in [2.75, 3.05) is 26.2 Å². The molecule has 1 fully saturated rings. The van der Waals surface area contributed by atoms with E-state index < -0.39 is 0 Å². The molecule has 0 aliphatic carbocycles. The molecule has 1 aromatic rings. The van der Waals surface area contributed by atoms with Crippen LogP contribution < -0.4 is 5.73 Å². The van der Waals surface area contributed by atoms with Crippen LogP contribution in [0.15, 0.2) is 24.3 Å². The zero-order chi connectivity index (χ0) is 12.1. The third-order valence-electron chi connectivity index (χ3n) is 3.53. The van der Waals surface area contributed by atoms with Crippen molar-refractivity contribution in [2.24, 2.45) is 5.73 Å². The first-order valence-corrected chi connectivity index (χ1v) is 6.47. The van der Waals surface area contributed by atoms with Crippen LogP contribution in [-0.4, -0.2) is 31.1 Å². The average molecular weight is 236 g/mol. The Bertz CT molecular complexity index is 348. The summed E-state index contributed by atoms with van der Waals surface area (Å²) in [6, 6.07) is 6.84. The third kappa shape index (κ3) is 3.51. The summed E-state index contributed by atoms with van der Waals surface area (Å²) in [5, 5.41) is 0. The highest BCUT2D eigenvalue weighted by molar-refractivity contribution is 5.21. The highest BCUT2D eigenvalue weighted by atomic mass is 19.1. The van der Waals surface area contributed by atoms with Crippen LogP contribution in [0.3, 0.4) is 0 Å². The van der Waals surface area contributed by atoms with E-state index in [0.717, 1.165) is 25.2 Å². The summed E-state index contributed by atoms with van der Waals surface area (Å²) in [6.07, 6.45) is 3.89. The van der Waals surface area contributed by atoms with Gasteiger partial charge in [0.1, 0.15) is 5.82 Å². The first kappa shape index (κ1) is 12.5. The van der Waals surface area contributed by atoms with Gasteiger partial charge in [0.25, 0.3) is 0 Å². The summed E-state index contributed by atoms with van der Waals surface area (Å²) < 4.78 is 13.2. The minimum atomic E-state index is -0.167. The Morgan fingerprint density at radius 1 is 1.24 bits per heavy atom. The second kappa shape index (κ2) is 6.12. The molecule has 0 aromatic heterocycles. The van der Waals surface area contributed by atoms with E-state index in [1.54, 1.807) is 12.1 Å². The lowest BCUT2D eigenvalue weighted by Crippen LogP contribution is -2.35. The Balaban J connectivity index is 2.00. The molecule has 1 unspecified atom stereocenters. The molecule has 1 aliphatic heterocycles. The van der Waals surface area contributed by atoms with Gasteiger partial charge in [0.05, 0.1) is 0 Å². The number of hydrogen-bond donors (Lipinski definition) is 1. The molecular weight excluding hydrogens is 215 g/mol. The fourth-order valence-corrected chi connectivity index (χ4v) is 2.53. The zero-order valence-electron chi connectivity index (χ0n) is 10.2. The Hall–Kier alpha value is -0.930. The van der Waals surface area contributed by atoms with Crippen LogP contribution in [0.2, 0.25) is 0 Å². The van der Waals surface area contributed by atoms with Crippen molar-refractivity contribution in [2.45, 2.75) is 25.2 Å². The lowest BCUT2D eigenvalue weighted by Gasteiger charge is -2.30. The van der Waals surface area contributed by atoms with Crippen LogP contribution in [0.4, 0.5) is 4.39 Å². The molecule has 2 N–H and O–H groups in total. The van der Waals surface area contributed by atoms with Crippen molar-refractivity contribution >= 4 is 0 Å². The number of hydrogen-bond acceptors (Lipinski definition) is 2. The molecule has 0 saturated carbocycles. The molecule has 0 radical (unpaired) electrons. The van der Waals surface area contributed by atoms with Crippen molar-refractivity contribution in [1.29, 1.82) is 0 Å². The second-order valence-corrected chi connectivity index (χ2v) is 4.85. The second-order valence-electron chi connectivity index (χ2n) is 4.85. The summed E-state index contributed by atoms with van der Waals surface area (Å²) in [7, 11) is 0. The maximum absolute atomic E-state index is 13.2. The molecule has 2 nitrogen and oxygen atoms in total. The van der Waals surface area contributed by atoms with E-state index in [4.69, 9.17) is 5.73 Å². The van der Waals surface area contributed by atoms with E-state index in [9.17, 15) is 4.39 Å². The van der Waals surface area contributed by atoms with Crippen molar-refractivity contribution in [3.05, 3.63) is 35.6 Å². The van der Waals surface area contributed by atoms with E-state index >= 15 is 0 Å². The van der Waals surface area contributed by atoms with Crippen molar-refractivity contribution in [3.8, 4) is 0 Å². The topological polar surface area (TPSA) is 29.3 Å². The summed E-state index contributed by atoms with van der Waals surface area (Å²) in [4.78, 5) is 2.45. The van der Waals surface area contributed by atoms with Crippen LogP contribution in [0.25, 0.3) is 0 Å².